The molecular weight excluding hydrogens is 134 g/mol. The van der Waals surface area contributed by atoms with Crippen molar-refractivity contribution in [2.75, 3.05) is 13.3 Å². The highest BCUT2D eigenvalue weighted by Gasteiger charge is 2.24. The van der Waals surface area contributed by atoms with Crippen LogP contribution in [0.2, 0.25) is 0 Å². The molecule has 0 spiro atoms. The van der Waals surface area contributed by atoms with Crippen molar-refractivity contribution in [2.24, 2.45) is 5.73 Å². The lowest BCUT2D eigenvalue weighted by molar-refractivity contribution is -0.153. The summed E-state index contributed by atoms with van der Waals surface area (Å²) >= 11 is 0. The lowest BCUT2D eigenvalue weighted by Crippen LogP contribution is -2.24. The Kier molecular flexibility index (Phi) is 2.65. The molecule has 1 heterocycles. The highest BCUT2D eigenvalue weighted by molar-refractivity contribution is 5.74. The van der Waals surface area contributed by atoms with Crippen molar-refractivity contribution < 1.29 is 14.3 Å². The van der Waals surface area contributed by atoms with Gasteiger partial charge in [0.25, 0.3) is 0 Å². The molecule has 0 aromatic rings. The van der Waals surface area contributed by atoms with Crippen LogP contribution in [-0.4, -0.2) is 25.4 Å². The van der Waals surface area contributed by atoms with Crippen molar-refractivity contribution in [3.63, 3.8) is 0 Å². The molecule has 4 heteroatoms. The summed E-state index contributed by atoms with van der Waals surface area (Å²) in [5.41, 5.74) is 5.00. The molecule has 1 aliphatic heterocycles. The van der Waals surface area contributed by atoms with Gasteiger partial charge in [-0.15, -0.1) is 0 Å². The zero-order valence-electron chi connectivity index (χ0n) is 5.71. The van der Waals surface area contributed by atoms with Crippen molar-refractivity contribution in [1.82, 2.24) is 0 Å². The molecule has 1 aliphatic rings. The van der Waals surface area contributed by atoms with Crippen molar-refractivity contribution in [1.29, 1.82) is 0 Å². The average Bonchev–Trinajstić information content (AvgIpc) is 2.38. The molecule has 1 saturated heterocycles. The molecule has 0 amide bonds. The molecule has 10 heavy (non-hydrogen) atoms. The average molecular weight is 145 g/mol. The van der Waals surface area contributed by atoms with Gasteiger partial charge in [0.15, 0.2) is 6.10 Å². The van der Waals surface area contributed by atoms with Gasteiger partial charge in [-0.3, -0.25) is 5.73 Å². The van der Waals surface area contributed by atoms with E-state index >= 15 is 0 Å². The van der Waals surface area contributed by atoms with E-state index in [0.29, 0.717) is 6.61 Å². The predicted octanol–water partition coefficient (Wildman–Crippen LogP) is -0.375. The summed E-state index contributed by atoms with van der Waals surface area (Å²) in [5.74, 6) is -0.333. The van der Waals surface area contributed by atoms with Gasteiger partial charge in [0, 0.05) is 6.61 Å². The van der Waals surface area contributed by atoms with Crippen LogP contribution >= 0.6 is 0 Å². The quantitative estimate of drug-likeness (QED) is 0.425. The SMILES string of the molecule is NCOC(=O)[C@@H]1CCCO1. The monoisotopic (exact) mass is 145 g/mol. The second kappa shape index (κ2) is 3.53. The van der Waals surface area contributed by atoms with Crippen LogP contribution in [0.25, 0.3) is 0 Å². The summed E-state index contributed by atoms with van der Waals surface area (Å²) in [6.45, 7) is 0.600. The van der Waals surface area contributed by atoms with Gasteiger partial charge in [-0.2, -0.15) is 0 Å². The van der Waals surface area contributed by atoms with Gasteiger partial charge in [0.2, 0.25) is 0 Å². The van der Waals surface area contributed by atoms with Gasteiger partial charge in [0.05, 0.1) is 0 Å². The Morgan fingerprint density at radius 1 is 1.80 bits per heavy atom. The van der Waals surface area contributed by atoms with E-state index in [0.717, 1.165) is 12.8 Å². The lowest BCUT2D eigenvalue weighted by atomic mass is 10.2. The van der Waals surface area contributed by atoms with E-state index in [2.05, 4.69) is 4.74 Å². The van der Waals surface area contributed by atoms with Crippen molar-refractivity contribution >= 4 is 5.97 Å². The molecule has 0 aromatic carbocycles. The Bertz CT molecular complexity index is 120. The number of hydrogen-bond acceptors (Lipinski definition) is 4. The van der Waals surface area contributed by atoms with Crippen LogP contribution in [0.5, 0.6) is 0 Å². The van der Waals surface area contributed by atoms with Gasteiger partial charge in [-0.1, -0.05) is 0 Å². The van der Waals surface area contributed by atoms with E-state index in [1.54, 1.807) is 0 Å². The van der Waals surface area contributed by atoms with Crippen LogP contribution in [0.15, 0.2) is 0 Å². The maximum atomic E-state index is 10.8. The molecular formula is C6H11NO3. The largest absolute Gasteiger partial charge is 0.448 e. The molecule has 0 aromatic heterocycles. The highest BCUT2D eigenvalue weighted by Crippen LogP contribution is 2.12. The first-order valence-electron chi connectivity index (χ1n) is 3.33. The van der Waals surface area contributed by atoms with E-state index in [9.17, 15) is 4.79 Å². The first-order chi connectivity index (χ1) is 4.84. The Morgan fingerprint density at radius 2 is 2.60 bits per heavy atom. The van der Waals surface area contributed by atoms with Crippen LogP contribution in [-0.2, 0) is 14.3 Å². The molecule has 0 unspecified atom stereocenters. The summed E-state index contributed by atoms with van der Waals surface area (Å²) in [5, 5.41) is 0. The third-order valence-electron chi connectivity index (χ3n) is 1.42. The zero-order chi connectivity index (χ0) is 7.40. The second-order valence-electron chi connectivity index (χ2n) is 2.13. The third kappa shape index (κ3) is 1.68. The fourth-order valence-electron chi connectivity index (χ4n) is 0.939. The Balaban J connectivity index is 2.25. The minimum absolute atomic E-state index is 0.0569. The fourth-order valence-corrected chi connectivity index (χ4v) is 0.939. The normalized spacial score (nSPS) is 24.7. The summed E-state index contributed by atoms with van der Waals surface area (Å²) in [7, 11) is 0. The topological polar surface area (TPSA) is 61.5 Å². The van der Waals surface area contributed by atoms with E-state index in [1.807, 2.05) is 0 Å². The number of hydrogen-bond donors (Lipinski definition) is 1. The van der Waals surface area contributed by atoms with Gasteiger partial charge in [-0.05, 0) is 12.8 Å². The number of ether oxygens (including phenoxy) is 2. The molecule has 58 valence electrons. The third-order valence-corrected chi connectivity index (χ3v) is 1.42. The van der Waals surface area contributed by atoms with Crippen molar-refractivity contribution in [3.8, 4) is 0 Å². The van der Waals surface area contributed by atoms with Crippen LogP contribution in [0, 0.1) is 0 Å². The Morgan fingerprint density at radius 3 is 3.10 bits per heavy atom. The van der Waals surface area contributed by atoms with Crippen molar-refractivity contribution in [3.05, 3.63) is 0 Å². The van der Waals surface area contributed by atoms with E-state index < -0.39 is 0 Å². The minimum atomic E-state index is -0.358. The van der Waals surface area contributed by atoms with Crippen molar-refractivity contribution in [2.45, 2.75) is 18.9 Å². The molecule has 1 fully saturated rings. The van der Waals surface area contributed by atoms with Gasteiger partial charge in [0.1, 0.15) is 6.73 Å². The summed E-state index contributed by atoms with van der Waals surface area (Å²) < 4.78 is 9.58. The molecule has 0 saturated carbocycles. The van der Waals surface area contributed by atoms with Crippen LogP contribution in [0.3, 0.4) is 0 Å². The lowest BCUT2D eigenvalue weighted by Gasteiger charge is -2.06. The summed E-state index contributed by atoms with van der Waals surface area (Å²) in [6, 6.07) is 0. The molecule has 0 bridgehead atoms. The zero-order valence-corrected chi connectivity index (χ0v) is 5.71. The Labute approximate surface area is 59.3 Å². The summed E-state index contributed by atoms with van der Waals surface area (Å²) in [6.07, 6.45) is 1.34. The number of carbonyl (C=O) groups is 1. The molecule has 4 nitrogen and oxygen atoms in total. The number of rotatable bonds is 2. The minimum Gasteiger partial charge on any atom is -0.448 e. The standard InChI is InChI=1S/C6H11NO3/c7-4-10-6(8)5-2-1-3-9-5/h5H,1-4,7H2/t5-/m0/s1. The fraction of sp³-hybridized carbons (Fsp3) is 0.833. The molecule has 2 N–H and O–H groups in total. The van der Waals surface area contributed by atoms with Crippen LogP contribution < -0.4 is 5.73 Å². The van der Waals surface area contributed by atoms with Crippen LogP contribution in [0.1, 0.15) is 12.8 Å². The van der Waals surface area contributed by atoms with Gasteiger partial charge in [-0.25, -0.2) is 4.79 Å². The second-order valence-corrected chi connectivity index (χ2v) is 2.13. The summed E-state index contributed by atoms with van der Waals surface area (Å²) in [4.78, 5) is 10.8. The van der Waals surface area contributed by atoms with Crippen LogP contribution in [0.4, 0.5) is 0 Å². The highest BCUT2D eigenvalue weighted by atomic mass is 16.6. The van der Waals surface area contributed by atoms with E-state index in [4.69, 9.17) is 10.5 Å². The number of carbonyl (C=O) groups excluding carboxylic acids is 1. The number of esters is 1. The maximum absolute atomic E-state index is 10.8. The molecule has 1 rings (SSSR count). The molecule has 0 aliphatic carbocycles. The number of nitrogens with two attached hydrogens (primary N) is 1. The Hall–Kier alpha value is -0.610. The smallest absolute Gasteiger partial charge is 0.336 e. The molecule has 0 radical (unpaired) electrons. The first kappa shape index (κ1) is 7.50. The maximum Gasteiger partial charge on any atom is 0.336 e. The van der Waals surface area contributed by atoms with Gasteiger partial charge >= 0.3 is 5.97 Å². The van der Waals surface area contributed by atoms with Gasteiger partial charge < -0.3 is 9.47 Å². The molecule has 1 atom stereocenters. The predicted molar refractivity (Wildman–Crippen MR) is 34.1 cm³/mol. The van der Waals surface area contributed by atoms with E-state index in [-0.39, 0.29) is 18.8 Å². The van der Waals surface area contributed by atoms with E-state index in [1.165, 1.54) is 0 Å². The first-order valence-corrected chi connectivity index (χ1v) is 3.33.